The summed E-state index contributed by atoms with van der Waals surface area (Å²) in [5.41, 5.74) is 6.51. The zero-order valence-electron chi connectivity index (χ0n) is 9.90. The lowest BCUT2D eigenvalue weighted by Crippen LogP contribution is -2.28. The van der Waals surface area contributed by atoms with Crippen LogP contribution in [0, 0.1) is 5.82 Å². The molecule has 2 aromatic rings. The fourth-order valence-electron chi connectivity index (χ4n) is 1.97. The number of rotatable bonds is 5. The van der Waals surface area contributed by atoms with E-state index >= 15 is 0 Å². The van der Waals surface area contributed by atoms with Crippen molar-refractivity contribution in [3.8, 4) is 0 Å². The average molecular weight is 236 g/mol. The molecule has 17 heavy (non-hydrogen) atoms. The van der Waals surface area contributed by atoms with Gasteiger partial charge in [0.2, 0.25) is 0 Å². The molecule has 0 saturated heterocycles. The van der Waals surface area contributed by atoms with Crippen LogP contribution in [0.5, 0.6) is 0 Å². The molecule has 0 fully saturated rings. The van der Waals surface area contributed by atoms with Gasteiger partial charge in [-0.15, -0.1) is 0 Å². The van der Waals surface area contributed by atoms with Crippen molar-refractivity contribution in [2.75, 3.05) is 13.2 Å². The van der Waals surface area contributed by atoms with Gasteiger partial charge in [-0.2, -0.15) is 0 Å². The van der Waals surface area contributed by atoms with Gasteiger partial charge < -0.3 is 15.0 Å². The van der Waals surface area contributed by atoms with Crippen LogP contribution in [0.3, 0.4) is 0 Å². The summed E-state index contributed by atoms with van der Waals surface area (Å²) in [7, 11) is 0. The summed E-state index contributed by atoms with van der Waals surface area (Å²) >= 11 is 0. The van der Waals surface area contributed by atoms with Crippen molar-refractivity contribution in [2.45, 2.75) is 19.6 Å². The molecule has 0 spiro atoms. The first kappa shape index (κ1) is 12.1. The topological polar surface area (TPSA) is 40.2 Å². The van der Waals surface area contributed by atoms with Gasteiger partial charge in [0.15, 0.2) is 0 Å². The standard InChI is InChI=1S/C13H17FN2O/c1-2-17-12(8-15)9-16-6-5-10-3-4-11(14)7-13(10)16/h3-7,12H,2,8-9,15H2,1H3. The van der Waals surface area contributed by atoms with Crippen LogP contribution in [0.25, 0.3) is 10.9 Å². The van der Waals surface area contributed by atoms with Gasteiger partial charge in [-0.05, 0) is 36.6 Å². The fraction of sp³-hybridized carbons (Fsp3) is 0.385. The van der Waals surface area contributed by atoms with Gasteiger partial charge in [0, 0.05) is 19.3 Å². The molecule has 0 aliphatic carbocycles. The van der Waals surface area contributed by atoms with Gasteiger partial charge >= 0.3 is 0 Å². The molecule has 1 heterocycles. The molecular weight excluding hydrogens is 219 g/mol. The highest BCUT2D eigenvalue weighted by Crippen LogP contribution is 2.17. The maximum Gasteiger partial charge on any atom is 0.125 e. The van der Waals surface area contributed by atoms with Crippen LogP contribution in [0.1, 0.15) is 6.92 Å². The number of hydrogen-bond acceptors (Lipinski definition) is 2. The largest absolute Gasteiger partial charge is 0.375 e. The van der Waals surface area contributed by atoms with E-state index in [0.29, 0.717) is 19.7 Å². The Bertz CT molecular complexity index is 495. The number of benzene rings is 1. The number of nitrogens with zero attached hydrogens (tertiary/aromatic N) is 1. The predicted molar refractivity (Wildman–Crippen MR) is 66.4 cm³/mol. The van der Waals surface area contributed by atoms with Gasteiger partial charge in [0.1, 0.15) is 5.82 Å². The van der Waals surface area contributed by atoms with E-state index in [2.05, 4.69) is 0 Å². The molecule has 1 aromatic heterocycles. The number of fused-ring (bicyclic) bond motifs is 1. The highest BCUT2D eigenvalue weighted by molar-refractivity contribution is 5.80. The predicted octanol–water partition coefficient (Wildman–Crippen LogP) is 2.14. The van der Waals surface area contributed by atoms with Crippen LogP contribution in [0.15, 0.2) is 30.5 Å². The van der Waals surface area contributed by atoms with Crippen LogP contribution in [0.4, 0.5) is 4.39 Å². The van der Waals surface area contributed by atoms with E-state index in [4.69, 9.17) is 10.5 Å². The Morgan fingerprint density at radius 3 is 2.94 bits per heavy atom. The summed E-state index contributed by atoms with van der Waals surface area (Å²) in [6.45, 7) is 3.69. The lowest BCUT2D eigenvalue weighted by Gasteiger charge is -2.16. The summed E-state index contributed by atoms with van der Waals surface area (Å²) in [6, 6.07) is 6.75. The van der Waals surface area contributed by atoms with Crippen LogP contribution >= 0.6 is 0 Å². The third kappa shape index (κ3) is 2.65. The first-order valence-electron chi connectivity index (χ1n) is 5.80. The normalized spacial score (nSPS) is 13.1. The first-order chi connectivity index (χ1) is 8.24. The Morgan fingerprint density at radius 1 is 1.41 bits per heavy atom. The van der Waals surface area contributed by atoms with Crippen LogP contribution in [-0.2, 0) is 11.3 Å². The Morgan fingerprint density at radius 2 is 2.24 bits per heavy atom. The molecule has 1 unspecified atom stereocenters. The molecule has 0 radical (unpaired) electrons. The fourth-order valence-corrected chi connectivity index (χ4v) is 1.97. The second kappa shape index (κ2) is 5.29. The molecule has 0 aliphatic rings. The Balaban J connectivity index is 2.26. The molecule has 0 amide bonds. The maximum atomic E-state index is 13.2. The van der Waals surface area contributed by atoms with Gasteiger partial charge in [-0.25, -0.2) is 4.39 Å². The lowest BCUT2D eigenvalue weighted by molar-refractivity contribution is 0.0576. The number of hydrogen-bond donors (Lipinski definition) is 1. The Kier molecular flexibility index (Phi) is 3.76. The molecule has 0 aliphatic heterocycles. The summed E-state index contributed by atoms with van der Waals surface area (Å²) in [4.78, 5) is 0. The van der Waals surface area contributed by atoms with E-state index < -0.39 is 0 Å². The third-order valence-electron chi connectivity index (χ3n) is 2.80. The van der Waals surface area contributed by atoms with Crippen LogP contribution in [0.2, 0.25) is 0 Å². The first-order valence-corrected chi connectivity index (χ1v) is 5.80. The van der Waals surface area contributed by atoms with Crippen LogP contribution < -0.4 is 5.73 Å². The van der Waals surface area contributed by atoms with E-state index in [0.717, 1.165) is 10.9 Å². The smallest absolute Gasteiger partial charge is 0.125 e. The molecule has 4 heteroatoms. The molecule has 2 N–H and O–H groups in total. The van der Waals surface area contributed by atoms with Gasteiger partial charge in [-0.3, -0.25) is 0 Å². The van der Waals surface area contributed by atoms with Crippen molar-refractivity contribution >= 4 is 10.9 Å². The SMILES string of the molecule is CCOC(CN)Cn1ccc2ccc(F)cc21. The summed E-state index contributed by atoms with van der Waals surface area (Å²) in [5, 5.41) is 1.03. The molecule has 1 atom stereocenters. The second-order valence-corrected chi connectivity index (χ2v) is 3.98. The minimum atomic E-state index is -0.224. The number of nitrogens with two attached hydrogens (primary N) is 1. The van der Waals surface area contributed by atoms with Crippen molar-refractivity contribution in [3.63, 3.8) is 0 Å². The van der Waals surface area contributed by atoms with E-state index in [1.54, 1.807) is 6.07 Å². The van der Waals surface area contributed by atoms with Crippen molar-refractivity contribution < 1.29 is 9.13 Å². The summed E-state index contributed by atoms with van der Waals surface area (Å²) < 4.78 is 20.7. The zero-order chi connectivity index (χ0) is 12.3. The number of ether oxygens (including phenoxy) is 1. The molecule has 0 bridgehead atoms. The van der Waals surface area contributed by atoms with E-state index in [9.17, 15) is 4.39 Å². The van der Waals surface area contributed by atoms with Crippen molar-refractivity contribution in [1.29, 1.82) is 0 Å². The minimum absolute atomic E-state index is 0.0288. The molecule has 1 aromatic carbocycles. The Labute approximate surface area is 100.0 Å². The molecule has 0 saturated carbocycles. The second-order valence-electron chi connectivity index (χ2n) is 3.98. The highest BCUT2D eigenvalue weighted by Gasteiger charge is 2.09. The monoisotopic (exact) mass is 236 g/mol. The quantitative estimate of drug-likeness (QED) is 0.864. The van der Waals surface area contributed by atoms with Gasteiger partial charge in [0.25, 0.3) is 0 Å². The Hall–Kier alpha value is -1.39. The number of halogens is 1. The molecule has 92 valence electrons. The average Bonchev–Trinajstić information content (AvgIpc) is 2.71. The highest BCUT2D eigenvalue weighted by atomic mass is 19.1. The summed E-state index contributed by atoms with van der Waals surface area (Å²) in [6.07, 6.45) is 1.91. The molecule has 2 rings (SSSR count). The van der Waals surface area contributed by atoms with E-state index in [1.165, 1.54) is 12.1 Å². The number of aromatic nitrogens is 1. The molecule has 3 nitrogen and oxygen atoms in total. The third-order valence-corrected chi connectivity index (χ3v) is 2.80. The summed E-state index contributed by atoms with van der Waals surface area (Å²) in [5.74, 6) is -0.224. The minimum Gasteiger partial charge on any atom is -0.375 e. The van der Waals surface area contributed by atoms with E-state index in [1.807, 2.05) is 23.8 Å². The van der Waals surface area contributed by atoms with Crippen molar-refractivity contribution in [3.05, 3.63) is 36.3 Å². The maximum absolute atomic E-state index is 13.2. The zero-order valence-corrected chi connectivity index (χ0v) is 9.90. The molecular formula is C13H17FN2O. The van der Waals surface area contributed by atoms with E-state index in [-0.39, 0.29) is 11.9 Å². The van der Waals surface area contributed by atoms with Crippen LogP contribution in [-0.4, -0.2) is 23.8 Å². The van der Waals surface area contributed by atoms with Gasteiger partial charge in [-0.1, -0.05) is 0 Å². The van der Waals surface area contributed by atoms with Crippen molar-refractivity contribution in [1.82, 2.24) is 4.57 Å². The van der Waals surface area contributed by atoms with Gasteiger partial charge in [0.05, 0.1) is 18.2 Å². The van der Waals surface area contributed by atoms with Crippen molar-refractivity contribution in [2.24, 2.45) is 5.73 Å². The lowest BCUT2D eigenvalue weighted by atomic mass is 10.2.